The monoisotopic (exact) mass is 326 g/mol. The molecule has 2 aromatic heterocycles. The van der Waals surface area contributed by atoms with Gasteiger partial charge in [0, 0.05) is 24.9 Å². The molecule has 1 atom stereocenters. The number of rotatable bonds is 3. The molecule has 0 radical (unpaired) electrons. The van der Waals surface area contributed by atoms with Crippen LogP contribution in [0.4, 0.5) is 19.1 Å². The van der Waals surface area contributed by atoms with Crippen LogP contribution in [0.15, 0.2) is 6.20 Å². The summed E-state index contributed by atoms with van der Waals surface area (Å²) in [6, 6.07) is 0. The standard InChI is InChI=1S/C14H17F3N6/c1-8-5-18-13(20-9(8)2)19-6-12-22-21-11-4-3-10(7-23(11)12)14(15,16)17/h5,10H,3-4,6-7H2,1-2H3,(H,18,19,20). The summed E-state index contributed by atoms with van der Waals surface area (Å²) in [6.45, 7) is 3.89. The Labute approximate surface area is 131 Å². The van der Waals surface area contributed by atoms with Gasteiger partial charge in [0.1, 0.15) is 5.82 Å². The van der Waals surface area contributed by atoms with Crippen LogP contribution in [0.2, 0.25) is 0 Å². The molecule has 0 saturated heterocycles. The van der Waals surface area contributed by atoms with E-state index in [1.165, 1.54) is 0 Å². The predicted octanol–water partition coefficient (Wildman–Crippen LogP) is 2.42. The van der Waals surface area contributed by atoms with Gasteiger partial charge in [0.2, 0.25) is 5.95 Å². The zero-order valence-corrected chi connectivity index (χ0v) is 12.9. The molecular weight excluding hydrogens is 309 g/mol. The van der Waals surface area contributed by atoms with Crippen LogP contribution in [0.1, 0.15) is 29.3 Å². The van der Waals surface area contributed by atoms with Gasteiger partial charge in [0.15, 0.2) is 5.82 Å². The van der Waals surface area contributed by atoms with Crippen LogP contribution < -0.4 is 5.32 Å². The van der Waals surface area contributed by atoms with Gasteiger partial charge in [-0.2, -0.15) is 13.2 Å². The van der Waals surface area contributed by atoms with E-state index < -0.39 is 12.1 Å². The number of fused-ring (bicyclic) bond motifs is 1. The number of aryl methyl sites for hydroxylation is 3. The van der Waals surface area contributed by atoms with E-state index in [4.69, 9.17) is 0 Å². The molecule has 124 valence electrons. The third-order valence-corrected chi connectivity index (χ3v) is 4.12. The SMILES string of the molecule is Cc1cnc(NCc2nnc3n2CC(C(F)(F)F)CC3)nc1C. The number of hydrogen-bond donors (Lipinski definition) is 1. The quantitative estimate of drug-likeness (QED) is 0.938. The minimum atomic E-state index is -4.19. The van der Waals surface area contributed by atoms with Gasteiger partial charge in [-0.25, -0.2) is 9.97 Å². The van der Waals surface area contributed by atoms with Crippen molar-refractivity contribution in [2.75, 3.05) is 5.32 Å². The Morgan fingerprint density at radius 1 is 1.30 bits per heavy atom. The molecule has 1 aliphatic rings. The highest BCUT2D eigenvalue weighted by Gasteiger charge is 2.42. The van der Waals surface area contributed by atoms with Gasteiger partial charge < -0.3 is 9.88 Å². The van der Waals surface area contributed by atoms with Gasteiger partial charge in [-0.1, -0.05) is 0 Å². The Bertz CT molecular complexity index is 709. The number of aromatic nitrogens is 5. The smallest absolute Gasteiger partial charge is 0.347 e. The van der Waals surface area contributed by atoms with Crippen LogP contribution in [-0.2, 0) is 19.5 Å². The highest BCUT2D eigenvalue weighted by atomic mass is 19.4. The first-order valence-electron chi connectivity index (χ1n) is 7.36. The van der Waals surface area contributed by atoms with Crippen molar-refractivity contribution < 1.29 is 13.2 Å². The third kappa shape index (κ3) is 3.27. The predicted molar refractivity (Wildman–Crippen MR) is 76.7 cm³/mol. The zero-order valence-electron chi connectivity index (χ0n) is 12.9. The average molecular weight is 326 g/mol. The van der Waals surface area contributed by atoms with Crippen LogP contribution >= 0.6 is 0 Å². The van der Waals surface area contributed by atoms with Crippen LogP contribution in [0.5, 0.6) is 0 Å². The normalized spacial score (nSPS) is 17.9. The molecular formula is C14H17F3N6. The summed E-state index contributed by atoms with van der Waals surface area (Å²) in [4.78, 5) is 8.42. The van der Waals surface area contributed by atoms with Crippen LogP contribution in [-0.4, -0.2) is 30.9 Å². The second-order valence-corrected chi connectivity index (χ2v) is 5.74. The summed E-state index contributed by atoms with van der Waals surface area (Å²) in [6.07, 6.45) is -2.14. The van der Waals surface area contributed by atoms with Gasteiger partial charge in [0.25, 0.3) is 0 Å². The fourth-order valence-electron chi connectivity index (χ4n) is 2.55. The molecule has 23 heavy (non-hydrogen) atoms. The fraction of sp³-hybridized carbons (Fsp3) is 0.571. The van der Waals surface area contributed by atoms with E-state index >= 15 is 0 Å². The Morgan fingerprint density at radius 2 is 2.09 bits per heavy atom. The van der Waals surface area contributed by atoms with Crippen molar-refractivity contribution in [2.45, 2.75) is 46.0 Å². The van der Waals surface area contributed by atoms with E-state index in [1.807, 2.05) is 13.8 Å². The molecule has 1 unspecified atom stereocenters. The van der Waals surface area contributed by atoms with Crippen LogP contribution in [0.3, 0.4) is 0 Å². The highest BCUT2D eigenvalue weighted by Crippen LogP contribution is 2.34. The zero-order chi connectivity index (χ0) is 16.6. The lowest BCUT2D eigenvalue weighted by Crippen LogP contribution is -2.33. The molecule has 0 bridgehead atoms. The Balaban J connectivity index is 1.73. The van der Waals surface area contributed by atoms with E-state index in [1.54, 1.807) is 10.8 Å². The van der Waals surface area contributed by atoms with Gasteiger partial charge in [0.05, 0.1) is 12.5 Å². The first-order valence-corrected chi connectivity index (χ1v) is 7.36. The maximum absolute atomic E-state index is 12.9. The lowest BCUT2D eigenvalue weighted by atomic mass is 9.99. The molecule has 0 aliphatic carbocycles. The van der Waals surface area contributed by atoms with E-state index in [9.17, 15) is 13.2 Å². The number of alkyl halides is 3. The van der Waals surface area contributed by atoms with Gasteiger partial charge in [-0.05, 0) is 25.8 Å². The summed E-state index contributed by atoms with van der Waals surface area (Å²) in [7, 11) is 0. The molecule has 0 saturated carbocycles. The van der Waals surface area contributed by atoms with E-state index in [0.29, 0.717) is 17.6 Å². The molecule has 3 heterocycles. The molecule has 0 aromatic carbocycles. The molecule has 9 heteroatoms. The van der Waals surface area contributed by atoms with E-state index in [0.717, 1.165) is 11.3 Å². The Kier molecular flexibility index (Phi) is 3.95. The largest absolute Gasteiger partial charge is 0.393 e. The molecule has 0 fully saturated rings. The first kappa shape index (κ1) is 15.7. The molecule has 3 rings (SSSR count). The third-order valence-electron chi connectivity index (χ3n) is 4.12. The lowest BCUT2D eigenvalue weighted by molar-refractivity contribution is -0.182. The van der Waals surface area contributed by atoms with Crippen molar-refractivity contribution in [3.63, 3.8) is 0 Å². The minimum absolute atomic E-state index is 0.0648. The second kappa shape index (κ2) is 5.78. The number of halogens is 3. The van der Waals surface area contributed by atoms with Gasteiger partial charge in [-0.3, -0.25) is 0 Å². The van der Waals surface area contributed by atoms with Crippen molar-refractivity contribution >= 4 is 5.95 Å². The van der Waals surface area contributed by atoms with Crippen LogP contribution in [0.25, 0.3) is 0 Å². The molecule has 2 aromatic rings. The number of anilines is 1. The summed E-state index contributed by atoms with van der Waals surface area (Å²) >= 11 is 0. The number of nitrogens with zero attached hydrogens (tertiary/aromatic N) is 5. The first-order chi connectivity index (χ1) is 10.8. The molecule has 0 amide bonds. The van der Waals surface area contributed by atoms with Gasteiger partial charge >= 0.3 is 6.18 Å². The molecule has 1 aliphatic heterocycles. The average Bonchev–Trinajstić information content (AvgIpc) is 2.90. The number of hydrogen-bond acceptors (Lipinski definition) is 5. The fourth-order valence-corrected chi connectivity index (χ4v) is 2.55. The molecule has 1 N–H and O–H groups in total. The van der Waals surface area contributed by atoms with Crippen molar-refractivity contribution in [2.24, 2.45) is 5.92 Å². The molecule has 0 spiro atoms. The van der Waals surface area contributed by atoms with E-state index in [2.05, 4.69) is 25.5 Å². The summed E-state index contributed by atoms with van der Waals surface area (Å²) in [5, 5.41) is 11.0. The summed E-state index contributed by atoms with van der Waals surface area (Å²) in [5.74, 6) is 0.148. The molecule has 6 nitrogen and oxygen atoms in total. The summed E-state index contributed by atoms with van der Waals surface area (Å²) in [5.41, 5.74) is 1.83. The highest BCUT2D eigenvalue weighted by molar-refractivity contribution is 5.28. The van der Waals surface area contributed by atoms with Crippen molar-refractivity contribution in [3.8, 4) is 0 Å². The van der Waals surface area contributed by atoms with Crippen LogP contribution in [0, 0.1) is 19.8 Å². The topological polar surface area (TPSA) is 68.5 Å². The van der Waals surface area contributed by atoms with Crippen molar-refractivity contribution in [1.82, 2.24) is 24.7 Å². The van der Waals surface area contributed by atoms with E-state index in [-0.39, 0.29) is 25.9 Å². The maximum Gasteiger partial charge on any atom is 0.393 e. The minimum Gasteiger partial charge on any atom is -0.347 e. The Hall–Kier alpha value is -2.19. The maximum atomic E-state index is 12.9. The lowest BCUT2D eigenvalue weighted by Gasteiger charge is -2.26. The Morgan fingerprint density at radius 3 is 2.78 bits per heavy atom. The second-order valence-electron chi connectivity index (χ2n) is 5.74. The number of nitrogens with one attached hydrogen (secondary N) is 1. The van der Waals surface area contributed by atoms with Gasteiger partial charge in [-0.15, -0.1) is 10.2 Å². The van der Waals surface area contributed by atoms with Crippen molar-refractivity contribution in [1.29, 1.82) is 0 Å². The summed E-state index contributed by atoms with van der Waals surface area (Å²) < 4.78 is 40.3. The van der Waals surface area contributed by atoms with Crippen molar-refractivity contribution in [3.05, 3.63) is 29.1 Å².